The molecule has 0 unspecified atom stereocenters. The van der Waals surface area contributed by atoms with Gasteiger partial charge in [0.1, 0.15) is 18.0 Å². The predicted octanol–water partition coefficient (Wildman–Crippen LogP) is 3.75. The molecule has 1 fully saturated rings. The summed E-state index contributed by atoms with van der Waals surface area (Å²) < 4.78 is 10.6. The van der Waals surface area contributed by atoms with Crippen LogP contribution in [-0.4, -0.2) is 84.8 Å². The average molecular weight is 518 g/mol. The summed E-state index contributed by atoms with van der Waals surface area (Å²) in [5, 5.41) is 8.83. The zero-order valence-electron chi connectivity index (χ0n) is 22.5. The van der Waals surface area contributed by atoms with E-state index in [0.717, 1.165) is 29.2 Å². The third-order valence-electron chi connectivity index (χ3n) is 6.98. The van der Waals surface area contributed by atoms with E-state index in [1.165, 1.54) is 0 Å². The van der Waals surface area contributed by atoms with E-state index in [1.807, 2.05) is 55.1 Å². The van der Waals surface area contributed by atoms with E-state index >= 15 is 0 Å². The molecule has 0 saturated carbocycles. The Balaban J connectivity index is 1.37. The maximum atomic E-state index is 13.3. The van der Waals surface area contributed by atoms with Gasteiger partial charge in [-0.2, -0.15) is 0 Å². The number of benzene rings is 2. The van der Waals surface area contributed by atoms with Crippen LogP contribution in [0.25, 0.3) is 11.3 Å². The Morgan fingerprint density at radius 2 is 1.61 bits per heavy atom. The summed E-state index contributed by atoms with van der Waals surface area (Å²) in [6.45, 7) is 6.43. The normalized spacial score (nSPS) is 14.1. The molecule has 0 bridgehead atoms. The molecule has 2 heterocycles. The van der Waals surface area contributed by atoms with Crippen LogP contribution in [0.15, 0.2) is 60.7 Å². The third-order valence-corrected chi connectivity index (χ3v) is 6.98. The molecule has 1 aliphatic heterocycles. The SMILES string of the molecule is CC[C@@H](C)N(CC(=O)N1CCN(c2ccc(-c3cccc(OC)c3)nn2)CC1)C(=O)c1cccc(OC)c1. The fourth-order valence-corrected chi connectivity index (χ4v) is 4.43. The fraction of sp³-hybridized carbons (Fsp3) is 0.379. The maximum absolute atomic E-state index is 13.3. The van der Waals surface area contributed by atoms with Gasteiger partial charge in [0, 0.05) is 43.3 Å². The highest BCUT2D eigenvalue weighted by Gasteiger charge is 2.28. The molecule has 9 heteroatoms. The zero-order chi connectivity index (χ0) is 27.1. The van der Waals surface area contributed by atoms with Crippen molar-refractivity contribution in [2.24, 2.45) is 0 Å². The number of carbonyl (C=O) groups is 2. The lowest BCUT2D eigenvalue weighted by molar-refractivity contribution is -0.132. The largest absolute Gasteiger partial charge is 0.497 e. The number of amides is 2. The molecule has 38 heavy (non-hydrogen) atoms. The van der Waals surface area contributed by atoms with Gasteiger partial charge in [0.05, 0.1) is 19.9 Å². The summed E-state index contributed by atoms with van der Waals surface area (Å²) in [7, 11) is 3.21. The highest BCUT2D eigenvalue weighted by atomic mass is 16.5. The lowest BCUT2D eigenvalue weighted by Gasteiger charge is -2.37. The minimum absolute atomic E-state index is 0.0418. The fourth-order valence-electron chi connectivity index (χ4n) is 4.43. The highest BCUT2D eigenvalue weighted by molar-refractivity contribution is 5.97. The Bertz CT molecular complexity index is 1240. The van der Waals surface area contributed by atoms with Crippen LogP contribution >= 0.6 is 0 Å². The Morgan fingerprint density at radius 1 is 0.921 bits per heavy atom. The van der Waals surface area contributed by atoms with Gasteiger partial charge >= 0.3 is 0 Å². The van der Waals surface area contributed by atoms with Crippen molar-refractivity contribution in [2.45, 2.75) is 26.3 Å². The van der Waals surface area contributed by atoms with Crippen LogP contribution < -0.4 is 14.4 Å². The number of carbonyl (C=O) groups excluding carboxylic acids is 2. The standard InChI is InChI=1S/C29H35N5O4/c1-5-21(2)34(29(36)23-9-7-11-25(19-23)38-4)20-28(35)33-16-14-32(15-17-33)27-13-12-26(30-31-27)22-8-6-10-24(18-22)37-3/h6-13,18-19,21H,5,14-17,20H2,1-4H3/t21-/m1/s1. The van der Waals surface area contributed by atoms with Crippen molar-refractivity contribution in [3.05, 3.63) is 66.2 Å². The summed E-state index contributed by atoms with van der Waals surface area (Å²) in [6, 6.07) is 18.6. The smallest absolute Gasteiger partial charge is 0.254 e. The minimum atomic E-state index is -0.170. The van der Waals surface area contributed by atoms with Gasteiger partial charge < -0.3 is 24.2 Å². The number of nitrogens with zero attached hydrogens (tertiary/aromatic N) is 5. The van der Waals surface area contributed by atoms with Crippen LogP contribution in [0.5, 0.6) is 11.5 Å². The van der Waals surface area contributed by atoms with Crippen LogP contribution in [0.1, 0.15) is 30.6 Å². The second-order valence-corrected chi connectivity index (χ2v) is 9.30. The van der Waals surface area contributed by atoms with E-state index in [-0.39, 0.29) is 24.4 Å². The van der Waals surface area contributed by atoms with Crippen molar-refractivity contribution in [3.8, 4) is 22.8 Å². The summed E-state index contributed by atoms with van der Waals surface area (Å²) in [5.41, 5.74) is 2.22. The van der Waals surface area contributed by atoms with Crippen molar-refractivity contribution >= 4 is 17.6 Å². The van der Waals surface area contributed by atoms with Gasteiger partial charge in [0.25, 0.3) is 5.91 Å². The van der Waals surface area contributed by atoms with E-state index in [2.05, 4.69) is 15.1 Å². The molecule has 4 rings (SSSR count). The summed E-state index contributed by atoms with van der Waals surface area (Å²) in [4.78, 5) is 32.1. The molecule has 3 aromatic rings. The van der Waals surface area contributed by atoms with Gasteiger partial charge in [0.15, 0.2) is 5.82 Å². The molecule has 2 amide bonds. The van der Waals surface area contributed by atoms with Crippen molar-refractivity contribution in [1.82, 2.24) is 20.0 Å². The lowest BCUT2D eigenvalue weighted by Crippen LogP contribution is -2.53. The second-order valence-electron chi connectivity index (χ2n) is 9.30. The Morgan fingerprint density at radius 3 is 2.24 bits per heavy atom. The monoisotopic (exact) mass is 517 g/mol. The first-order valence-electron chi connectivity index (χ1n) is 12.9. The van der Waals surface area contributed by atoms with Crippen molar-refractivity contribution in [2.75, 3.05) is 51.8 Å². The van der Waals surface area contributed by atoms with Crippen LogP contribution in [0.3, 0.4) is 0 Å². The molecule has 0 spiro atoms. The highest BCUT2D eigenvalue weighted by Crippen LogP contribution is 2.23. The van der Waals surface area contributed by atoms with Gasteiger partial charge in [-0.05, 0) is 55.8 Å². The van der Waals surface area contributed by atoms with Crippen LogP contribution in [0.4, 0.5) is 5.82 Å². The number of hydrogen-bond acceptors (Lipinski definition) is 7. The first kappa shape index (κ1) is 26.9. The molecule has 2 aromatic carbocycles. The molecule has 0 radical (unpaired) electrons. The van der Waals surface area contributed by atoms with Gasteiger partial charge in [-0.25, -0.2) is 0 Å². The quantitative estimate of drug-likeness (QED) is 0.427. The van der Waals surface area contributed by atoms with Crippen LogP contribution in [-0.2, 0) is 4.79 Å². The molecular formula is C29H35N5O4. The molecule has 1 atom stereocenters. The number of anilines is 1. The average Bonchev–Trinajstić information content (AvgIpc) is 2.99. The molecule has 1 aliphatic rings. The molecule has 1 aromatic heterocycles. The Labute approximate surface area is 224 Å². The van der Waals surface area contributed by atoms with Gasteiger partial charge in [-0.15, -0.1) is 10.2 Å². The van der Waals surface area contributed by atoms with Crippen LogP contribution in [0, 0.1) is 0 Å². The molecule has 0 aliphatic carbocycles. The van der Waals surface area contributed by atoms with Crippen molar-refractivity contribution in [3.63, 3.8) is 0 Å². The number of rotatable bonds is 9. The number of piperazine rings is 1. The number of ether oxygens (including phenoxy) is 2. The number of aromatic nitrogens is 2. The van der Waals surface area contributed by atoms with E-state index in [1.54, 1.807) is 43.4 Å². The molecule has 9 nitrogen and oxygen atoms in total. The third kappa shape index (κ3) is 6.22. The van der Waals surface area contributed by atoms with Crippen molar-refractivity contribution in [1.29, 1.82) is 0 Å². The Kier molecular flexibility index (Phi) is 8.78. The predicted molar refractivity (Wildman–Crippen MR) is 147 cm³/mol. The minimum Gasteiger partial charge on any atom is -0.497 e. The first-order valence-corrected chi connectivity index (χ1v) is 12.9. The Hall–Kier alpha value is -4.14. The second kappa shape index (κ2) is 12.4. The maximum Gasteiger partial charge on any atom is 0.254 e. The van der Waals surface area contributed by atoms with Crippen LogP contribution in [0.2, 0.25) is 0 Å². The molecule has 1 saturated heterocycles. The van der Waals surface area contributed by atoms with E-state index < -0.39 is 0 Å². The number of methoxy groups -OCH3 is 2. The van der Waals surface area contributed by atoms with E-state index in [4.69, 9.17) is 9.47 Å². The van der Waals surface area contributed by atoms with Gasteiger partial charge in [-0.1, -0.05) is 25.1 Å². The summed E-state index contributed by atoms with van der Waals surface area (Å²) >= 11 is 0. The lowest BCUT2D eigenvalue weighted by atomic mass is 10.1. The number of hydrogen-bond donors (Lipinski definition) is 0. The molecule has 200 valence electrons. The summed E-state index contributed by atoms with van der Waals surface area (Å²) in [6.07, 6.45) is 0.751. The van der Waals surface area contributed by atoms with Crippen molar-refractivity contribution < 1.29 is 19.1 Å². The van der Waals surface area contributed by atoms with E-state index in [0.29, 0.717) is 37.5 Å². The zero-order valence-corrected chi connectivity index (χ0v) is 22.5. The topological polar surface area (TPSA) is 88.1 Å². The molecule has 0 N–H and O–H groups in total. The first-order chi connectivity index (χ1) is 18.4. The summed E-state index contributed by atoms with van der Waals surface area (Å²) in [5.74, 6) is 1.93. The molecular weight excluding hydrogens is 482 g/mol. The van der Waals surface area contributed by atoms with E-state index in [9.17, 15) is 9.59 Å². The van der Waals surface area contributed by atoms with Gasteiger partial charge in [-0.3, -0.25) is 9.59 Å². The van der Waals surface area contributed by atoms with Gasteiger partial charge in [0.2, 0.25) is 5.91 Å².